The molecule has 0 bridgehead atoms. The molecular weight excluding hydrogens is 482 g/mol. The summed E-state index contributed by atoms with van der Waals surface area (Å²) in [6.45, 7) is 2.01. The number of nitrogens with one attached hydrogen (secondary N) is 1. The quantitative estimate of drug-likeness (QED) is 0.276. The molecule has 4 rings (SSSR count). The highest BCUT2D eigenvalue weighted by Gasteiger charge is 2.28. The predicted octanol–water partition coefficient (Wildman–Crippen LogP) is 4.27. The van der Waals surface area contributed by atoms with Gasteiger partial charge in [0.2, 0.25) is 5.91 Å². The summed E-state index contributed by atoms with van der Waals surface area (Å²) in [5.41, 5.74) is 6.45. The second kappa shape index (κ2) is 12.0. The first-order valence-electron chi connectivity index (χ1n) is 12.1. The molecule has 38 heavy (non-hydrogen) atoms. The molecule has 0 radical (unpaired) electrons. The van der Waals surface area contributed by atoms with E-state index in [9.17, 15) is 14.7 Å². The Morgan fingerprint density at radius 2 is 1.39 bits per heavy atom. The lowest BCUT2D eigenvalue weighted by Crippen LogP contribution is -2.42. The Hall–Kier alpha value is -4.69. The standard InChI is InChI=1S/C30H29N3O5/c1-30(36,29(31)35)17-23-12-13-27(32-18-23)33-28(34)24-14-25(37-19-21-8-4-2-5-9-21)16-26(15-24)38-20-22-10-6-3-7-11-22/h2-16,18,36H,17,19-20H2,1H3,(H2,31,35)(H,32,33,34). The van der Waals surface area contributed by atoms with Crippen molar-refractivity contribution in [2.75, 3.05) is 5.32 Å². The predicted molar refractivity (Wildman–Crippen MR) is 144 cm³/mol. The van der Waals surface area contributed by atoms with Gasteiger partial charge in [0.15, 0.2) is 0 Å². The number of anilines is 1. The Balaban J connectivity index is 1.49. The summed E-state index contributed by atoms with van der Waals surface area (Å²) in [6.07, 6.45) is 1.48. The van der Waals surface area contributed by atoms with E-state index in [1.165, 1.54) is 13.1 Å². The van der Waals surface area contributed by atoms with Crippen molar-refractivity contribution in [2.45, 2.75) is 32.2 Å². The molecule has 0 fully saturated rings. The minimum Gasteiger partial charge on any atom is -0.489 e. The second-order valence-corrected chi connectivity index (χ2v) is 9.06. The first kappa shape index (κ1) is 26.4. The van der Waals surface area contributed by atoms with Crippen LogP contribution in [0.3, 0.4) is 0 Å². The van der Waals surface area contributed by atoms with E-state index in [4.69, 9.17) is 15.2 Å². The number of nitrogens with zero attached hydrogens (tertiary/aromatic N) is 1. The zero-order chi connectivity index (χ0) is 27.0. The molecule has 2 amide bonds. The molecule has 0 spiro atoms. The Kier molecular flexibility index (Phi) is 8.35. The van der Waals surface area contributed by atoms with Crippen molar-refractivity contribution >= 4 is 17.6 Å². The molecule has 0 aliphatic rings. The van der Waals surface area contributed by atoms with E-state index in [0.29, 0.717) is 41.7 Å². The number of aromatic nitrogens is 1. The maximum Gasteiger partial charge on any atom is 0.257 e. The minimum absolute atomic E-state index is 0.00642. The van der Waals surface area contributed by atoms with Gasteiger partial charge in [-0.05, 0) is 41.8 Å². The van der Waals surface area contributed by atoms with Crippen LogP contribution in [0, 0.1) is 0 Å². The Morgan fingerprint density at radius 1 is 0.842 bits per heavy atom. The maximum absolute atomic E-state index is 13.1. The fourth-order valence-corrected chi connectivity index (χ4v) is 3.63. The fourth-order valence-electron chi connectivity index (χ4n) is 3.63. The lowest BCUT2D eigenvalue weighted by Gasteiger charge is -2.18. The topological polar surface area (TPSA) is 124 Å². The second-order valence-electron chi connectivity index (χ2n) is 9.06. The number of carbonyl (C=O) groups is 2. The maximum atomic E-state index is 13.1. The summed E-state index contributed by atoms with van der Waals surface area (Å²) in [6, 6.07) is 27.7. The van der Waals surface area contributed by atoms with Crippen LogP contribution in [0.4, 0.5) is 5.82 Å². The normalized spacial score (nSPS) is 12.3. The number of amides is 2. The van der Waals surface area contributed by atoms with Crippen molar-refractivity contribution in [1.29, 1.82) is 0 Å². The van der Waals surface area contributed by atoms with Gasteiger partial charge in [-0.2, -0.15) is 0 Å². The van der Waals surface area contributed by atoms with Crippen LogP contribution in [0.2, 0.25) is 0 Å². The minimum atomic E-state index is -1.69. The molecule has 1 unspecified atom stereocenters. The highest BCUT2D eigenvalue weighted by atomic mass is 16.5. The number of nitrogens with two attached hydrogens (primary N) is 1. The van der Waals surface area contributed by atoms with Gasteiger partial charge in [-0.1, -0.05) is 66.7 Å². The van der Waals surface area contributed by atoms with Gasteiger partial charge in [0.1, 0.15) is 36.1 Å². The third-order valence-corrected chi connectivity index (χ3v) is 5.78. The van der Waals surface area contributed by atoms with E-state index in [1.807, 2.05) is 60.7 Å². The van der Waals surface area contributed by atoms with Gasteiger partial charge in [0.25, 0.3) is 5.91 Å². The van der Waals surface area contributed by atoms with E-state index in [1.54, 1.807) is 30.3 Å². The zero-order valence-corrected chi connectivity index (χ0v) is 21.0. The number of ether oxygens (including phenoxy) is 2. The monoisotopic (exact) mass is 511 g/mol. The van der Waals surface area contributed by atoms with E-state index < -0.39 is 17.4 Å². The first-order chi connectivity index (χ1) is 18.3. The number of pyridine rings is 1. The molecule has 0 aliphatic carbocycles. The van der Waals surface area contributed by atoms with Crippen LogP contribution in [0.5, 0.6) is 11.5 Å². The zero-order valence-electron chi connectivity index (χ0n) is 21.0. The molecule has 1 atom stereocenters. The molecular formula is C30H29N3O5. The molecule has 1 heterocycles. The van der Waals surface area contributed by atoms with Gasteiger partial charge in [-0.25, -0.2) is 4.98 Å². The highest BCUT2D eigenvalue weighted by Crippen LogP contribution is 2.26. The van der Waals surface area contributed by atoms with Crippen molar-refractivity contribution < 1.29 is 24.2 Å². The molecule has 194 valence electrons. The molecule has 0 saturated heterocycles. The Bertz CT molecular complexity index is 1310. The molecule has 4 N–H and O–H groups in total. The molecule has 1 aromatic heterocycles. The van der Waals surface area contributed by atoms with Crippen LogP contribution >= 0.6 is 0 Å². The van der Waals surface area contributed by atoms with Crippen LogP contribution in [0.1, 0.15) is 34.0 Å². The summed E-state index contributed by atoms with van der Waals surface area (Å²) < 4.78 is 11.9. The van der Waals surface area contributed by atoms with Crippen LogP contribution in [-0.2, 0) is 24.4 Å². The summed E-state index contributed by atoms with van der Waals surface area (Å²) in [4.78, 5) is 28.7. The lowest BCUT2D eigenvalue weighted by atomic mass is 9.97. The van der Waals surface area contributed by atoms with Gasteiger partial charge in [-0.3, -0.25) is 9.59 Å². The van der Waals surface area contributed by atoms with Crippen molar-refractivity contribution in [3.05, 3.63) is 119 Å². The fraction of sp³-hybridized carbons (Fsp3) is 0.167. The largest absolute Gasteiger partial charge is 0.489 e. The summed E-state index contributed by atoms with van der Waals surface area (Å²) >= 11 is 0. The smallest absolute Gasteiger partial charge is 0.257 e. The van der Waals surface area contributed by atoms with E-state index >= 15 is 0 Å². The number of primary amides is 1. The van der Waals surface area contributed by atoms with Crippen LogP contribution in [-0.4, -0.2) is 27.5 Å². The molecule has 0 saturated carbocycles. The van der Waals surface area contributed by atoms with Gasteiger partial charge in [0, 0.05) is 24.2 Å². The number of rotatable bonds is 11. The summed E-state index contributed by atoms with van der Waals surface area (Å²) in [5.74, 6) is 0.0570. The molecule has 8 nitrogen and oxygen atoms in total. The van der Waals surface area contributed by atoms with Crippen molar-refractivity contribution in [3.8, 4) is 11.5 Å². The van der Waals surface area contributed by atoms with E-state index in [0.717, 1.165) is 11.1 Å². The van der Waals surface area contributed by atoms with Crippen molar-refractivity contribution in [2.24, 2.45) is 5.73 Å². The van der Waals surface area contributed by atoms with Gasteiger partial charge in [0.05, 0.1) is 0 Å². The Labute approximate surface area is 221 Å². The number of carbonyl (C=O) groups excluding carboxylic acids is 2. The van der Waals surface area contributed by atoms with Gasteiger partial charge in [-0.15, -0.1) is 0 Å². The third-order valence-electron chi connectivity index (χ3n) is 5.78. The molecule has 4 aromatic rings. The van der Waals surface area contributed by atoms with Crippen molar-refractivity contribution in [3.63, 3.8) is 0 Å². The first-order valence-corrected chi connectivity index (χ1v) is 12.1. The molecule has 3 aromatic carbocycles. The van der Waals surface area contributed by atoms with E-state index in [2.05, 4.69) is 10.3 Å². The highest BCUT2D eigenvalue weighted by molar-refractivity contribution is 6.04. The number of hydrogen-bond donors (Lipinski definition) is 3. The van der Waals surface area contributed by atoms with Crippen LogP contribution in [0.25, 0.3) is 0 Å². The SMILES string of the molecule is CC(O)(Cc1ccc(NC(=O)c2cc(OCc3ccccc3)cc(OCc3ccccc3)c2)nc1)C(N)=O. The van der Waals surface area contributed by atoms with E-state index in [-0.39, 0.29) is 6.42 Å². The third kappa shape index (κ3) is 7.41. The number of hydrogen-bond acceptors (Lipinski definition) is 6. The molecule has 0 aliphatic heterocycles. The van der Waals surface area contributed by atoms with Gasteiger partial charge < -0.3 is 25.6 Å². The lowest BCUT2D eigenvalue weighted by molar-refractivity contribution is -0.134. The average molecular weight is 512 g/mol. The van der Waals surface area contributed by atoms with Crippen LogP contribution in [0.15, 0.2) is 97.2 Å². The average Bonchev–Trinajstić information content (AvgIpc) is 2.92. The van der Waals surface area contributed by atoms with Gasteiger partial charge >= 0.3 is 0 Å². The summed E-state index contributed by atoms with van der Waals surface area (Å²) in [7, 11) is 0. The molecule has 8 heteroatoms. The number of aliphatic hydroxyl groups is 1. The summed E-state index contributed by atoms with van der Waals surface area (Å²) in [5, 5.41) is 12.9. The van der Waals surface area contributed by atoms with Crippen LogP contribution < -0.4 is 20.5 Å². The Morgan fingerprint density at radius 3 is 1.87 bits per heavy atom. The number of benzene rings is 3. The van der Waals surface area contributed by atoms with Crippen molar-refractivity contribution in [1.82, 2.24) is 4.98 Å².